The Kier molecular flexibility index (Phi) is 4.57. The first-order chi connectivity index (χ1) is 8.29. The van der Waals surface area contributed by atoms with E-state index in [0.717, 1.165) is 31.9 Å². The van der Waals surface area contributed by atoms with Crippen LogP contribution in [0.5, 0.6) is 0 Å². The molecular formula is C13H23N3O. The Bertz CT molecular complexity index is 331. The molecule has 4 heteroatoms. The molecule has 0 aromatic carbocycles. The zero-order valence-electron chi connectivity index (χ0n) is 10.9. The lowest BCUT2D eigenvalue weighted by molar-refractivity contribution is 0.0702. The number of imidazole rings is 1. The predicted octanol–water partition coefficient (Wildman–Crippen LogP) is 2.11. The molecule has 1 N–H and O–H groups in total. The molecule has 1 fully saturated rings. The molecule has 0 unspecified atom stereocenters. The van der Waals surface area contributed by atoms with E-state index in [0.29, 0.717) is 6.10 Å². The van der Waals surface area contributed by atoms with Crippen molar-refractivity contribution in [1.82, 2.24) is 14.9 Å². The van der Waals surface area contributed by atoms with E-state index in [-0.39, 0.29) is 0 Å². The average Bonchev–Trinajstić information content (AvgIpc) is 2.92. The Labute approximate surface area is 103 Å². The number of aromatic amines is 1. The highest BCUT2D eigenvalue weighted by molar-refractivity contribution is 5.08. The quantitative estimate of drug-likeness (QED) is 0.824. The third-order valence-corrected chi connectivity index (χ3v) is 3.33. The standard InChI is InChI=1S/C13H23N3O/c1-3-6-16(8-12-5-4-7-17-12)9-13-11(2)14-10-15-13/h10,12H,3-9H2,1-2H3,(H,14,15)/t12-/m0/s1. The fraction of sp³-hybridized carbons (Fsp3) is 0.769. The third kappa shape index (κ3) is 3.54. The average molecular weight is 237 g/mol. The van der Waals surface area contributed by atoms with E-state index < -0.39 is 0 Å². The van der Waals surface area contributed by atoms with E-state index in [1.807, 2.05) is 0 Å². The molecular weight excluding hydrogens is 214 g/mol. The van der Waals surface area contributed by atoms with Crippen molar-refractivity contribution in [2.45, 2.75) is 45.8 Å². The van der Waals surface area contributed by atoms with Gasteiger partial charge in [-0.3, -0.25) is 4.90 Å². The molecule has 1 atom stereocenters. The summed E-state index contributed by atoms with van der Waals surface area (Å²) in [4.78, 5) is 9.97. The van der Waals surface area contributed by atoms with E-state index in [4.69, 9.17) is 4.74 Å². The van der Waals surface area contributed by atoms with Crippen molar-refractivity contribution < 1.29 is 4.74 Å². The van der Waals surface area contributed by atoms with Crippen LogP contribution in [0.15, 0.2) is 6.33 Å². The summed E-state index contributed by atoms with van der Waals surface area (Å²) in [5, 5.41) is 0. The molecule has 17 heavy (non-hydrogen) atoms. The summed E-state index contributed by atoms with van der Waals surface area (Å²) < 4.78 is 5.71. The third-order valence-electron chi connectivity index (χ3n) is 3.33. The molecule has 1 saturated heterocycles. The number of hydrogen-bond donors (Lipinski definition) is 1. The van der Waals surface area contributed by atoms with E-state index in [1.165, 1.54) is 25.0 Å². The maximum Gasteiger partial charge on any atom is 0.0925 e. The van der Waals surface area contributed by atoms with E-state index >= 15 is 0 Å². The Hall–Kier alpha value is -0.870. The van der Waals surface area contributed by atoms with Crippen LogP contribution in [0.1, 0.15) is 37.6 Å². The number of rotatable bonds is 6. The van der Waals surface area contributed by atoms with E-state index in [9.17, 15) is 0 Å². The normalized spacial score (nSPS) is 20.3. The van der Waals surface area contributed by atoms with E-state index in [1.54, 1.807) is 6.33 Å². The van der Waals surface area contributed by atoms with Crippen LogP contribution in [-0.2, 0) is 11.3 Å². The highest BCUT2D eigenvalue weighted by Crippen LogP contribution is 2.15. The number of nitrogens with zero attached hydrogens (tertiary/aromatic N) is 2. The van der Waals surface area contributed by atoms with Crippen molar-refractivity contribution in [2.24, 2.45) is 0 Å². The van der Waals surface area contributed by atoms with Crippen molar-refractivity contribution >= 4 is 0 Å². The van der Waals surface area contributed by atoms with Crippen LogP contribution >= 0.6 is 0 Å². The number of ether oxygens (including phenoxy) is 1. The van der Waals surface area contributed by atoms with Gasteiger partial charge in [0.2, 0.25) is 0 Å². The van der Waals surface area contributed by atoms with Gasteiger partial charge in [0.1, 0.15) is 0 Å². The molecule has 96 valence electrons. The number of H-pyrrole nitrogens is 1. The first-order valence-electron chi connectivity index (χ1n) is 6.62. The SMILES string of the molecule is CCCN(Cc1nc[nH]c1C)C[C@@H]1CCCO1. The molecule has 0 aliphatic carbocycles. The molecule has 0 spiro atoms. The summed E-state index contributed by atoms with van der Waals surface area (Å²) in [5.41, 5.74) is 2.34. The van der Waals surface area contributed by atoms with Crippen LogP contribution < -0.4 is 0 Å². The first kappa shape index (κ1) is 12.6. The summed E-state index contributed by atoms with van der Waals surface area (Å²) in [6.07, 6.45) is 5.81. The molecule has 1 aliphatic rings. The monoisotopic (exact) mass is 237 g/mol. The Morgan fingerprint density at radius 1 is 1.59 bits per heavy atom. The van der Waals surface area contributed by atoms with Crippen molar-refractivity contribution in [1.29, 1.82) is 0 Å². The summed E-state index contributed by atoms with van der Waals surface area (Å²) in [7, 11) is 0. The maximum atomic E-state index is 5.71. The van der Waals surface area contributed by atoms with Gasteiger partial charge in [-0.25, -0.2) is 4.98 Å². The molecule has 0 radical (unpaired) electrons. The topological polar surface area (TPSA) is 41.2 Å². The Morgan fingerprint density at radius 3 is 3.06 bits per heavy atom. The van der Waals surface area contributed by atoms with Gasteiger partial charge < -0.3 is 9.72 Å². The maximum absolute atomic E-state index is 5.71. The van der Waals surface area contributed by atoms with Gasteiger partial charge in [0.15, 0.2) is 0 Å². The van der Waals surface area contributed by atoms with Crippen molar-refractivity contribution in [2.75, 3.05) is 19.7 Å². The van der Waals surface area contributed by atoms with Crippen molar-refractivity contribution in [3.05, 3.63) is 17.7 Å². The van der Waals surface area contributed by atoms with Gasteiger partial charge in [-0.05, 0) is 32.7 Å². The molecule has 1 aromatic rings. The second kappa shape index (κ2) is 6.17. The van der Waals surface area contributed by atoms with Gasteiger partial charge in [0.05, 0.1) is 18.1 Å². The molecule has 0 saturated carbocycles. The minimum Gasteiger partial charge on any atom is -0.377 e. The predicted molar refractivity (Wildman–Crippen MR) is 67.9 cm³/mol. The lowest BCUT2D eigenvalue weighted by Crippen LogP contribution is -2.32. The molecule has 2 rings (SSSR count). The zero-order valence-corrected chi connectivity index (χ0v) is 10.9. The highest BCUT2D eigenvalue weighted by Gasteiger charge is 2.19. The zero-order chi connectivity index (χ0) is 12.1. The van der Waals surface area contributed by atoms with Crippen molar-refractivity contribution in [3.8, 4) is 0 Å². The number of aryl methyl sites for hydroxylation is 1. The van der Waals surface area contributed by atoms with Crippen LogP contribution in [0, 0.1) is 6.92 Å². The van der Waals surface area contributed by atoms with Crippen LogP contribution in [0.4, 0.5) is 0 Å². The highest BCUT2D eigenvalue weighted by atomic mass is 16.5. The van der Waals surface area contributed by atoms with Crippen LogP contribution in [0.25, 0.3) is 0 Å². The summed E-state index contributed by atoms with van der Waals surface area (Å²) in [5.74, 6) is 0. The summed E-state index contributed by atoms with van der Waals surface area (Å²) >= 11 is 0. The second-order valence-electron chi connectivity index (χ2n) is 4.84. The lowest BCUT2D eigenvalue weighted by Gasteiger charge is -2.24. The van der Waals surface area contributed by atoms with Crippen LogP contribution in [-0.4, -0.2) is 40.7 Å². The Balaban J connectivity index is 1.89. The van der Waals surface area contributed by atoms with Gasteiger partial charge in [-0.1, -0.05) is 6.92 Å². The largest absolute Gasteiger partial charge is 0.377 e. The fourth-order valence-corrected chi connectivity index (χ4v) is 2.39. The molecule has 1 aliphatic heterocycles. The summed E-state index contributed by atoms with van der Waals surface area (Å²) in [6.45, 7) is 8.33. The summed E-state index contributed by atoms with van der Waals surface area (Å²) in [6, 6.07) is 0. The van der Waals surface area contributed by atoms with Gasteiger partial charge in [-0.2, -0.15) is 0 Å². The molecule has 4 nitrogen and oxygen atoms in total. The molecule has 0 bridgehead atoms. The minimum atomic E-state index is 0.431. The van der Waals surface area contributed by atoms with E-state index in [2.05, 4.69) is 28.7 Å². The van der Waals surface area contributed by atoms with Gasteiger partial charge >= 0.3 is 0 Å². The van der Waals surface area contributed by atoms with Gasteiger partial charge in [-0.15, -0.1) is 0 Å². The number of hydrogen-bond acceptors (Lipinski definition) is 3. The molecule has 1 aromatic heterocycles. The van der Waals surface area contributed by atoms with Gasteiger partial charge in [0.25, 0.3) is 0 Å². The lowest BCUT2D eigenvalue weighted by atomic mass is 10.2. The number of nitrogens with one attached hydrogen (secondary N) is 1. The van der Waals surface area contributed by atoms with Gasteiger partial charge in [0, 0.05) is 25.4 Å². The molecule has 0 amide bonds. The Morgan fingerprint density at radius 2 is 2.47 bits per heavy atom. The van der Waals surface area contributed by atoms with Crippen LogP contribution in [0.3, 0.4) is 0 Å². The molecule has 2 heterocycles. The van der Waals surface area contributed by atoms with Crippen LogP contribution in [0.2, 0.25) is 0 Å². The first-order valence-corrected chi connectivity index (χ1v) is 6.62. The minimum absolute atomic E-state index is 0.431. The smallest absolute Gasteiger partial charge is 0.0925 e. The van der Waals surface area contributed by atoms with Crippen molar-refractivity contribution in [3.63, 3.8) is 0 Å². The second-order valence-corrected chi connectivity index (χ2v) is 4.84. The fourth-order valence-electron chi connectivity index (χ4n) is 2.39. The number of aromatic nitrogens is 2.